The Balaban J connectivity index is 2.16. The van der Waals surface area contributed by atoms with Crippen molar-refractivity contribution in [2.75, 3.05) is 17.7 Å². The van der Waals surface area contributed by atoms with Crippen LogP contribution in [0.3, 0.4) is 0 Å². The highest BCUT2D eigenvalue weighted by molar-refractivity contribution is 9.10. The number of hydrogen-bond acceptors (Lipinski definition) is 3. The van der Waals surface area contributed by atoms with Crippen LogP contribution in [-0.2, 0) is 6.54 Å². The molecule has 0 aliphatic rings. The molecular weight excluding hydrogens is 290 g/mol. The van der Waals surface area contributed by atoms with Gasteiger partial charge in [-0.15, -0.1) is 0 Å². The highest BCUT2D eigenvalue weighted by Gasteiger charge is 2.08. The summed E-state index contributed by atoms with van der Waals surface area (Å²) in [5.74, 6) is 0.893. The molecule has 0 aliphatic heterocycles. The lowest BCUT2D eigenvalue weighted by Gasteiger charge is -2.19. The number of aromatic nitrogens is 1. The zero-order valence-electron chi connectivity index (χ0n) is 10.5. The Labute approximate surface area is 116 Å². The van der Waals surface area contributed by atoms with E-state index in [2.05, 4.69) is 57.0 Å². The van der Waals surface area contributed by atoms with Crippen molar-refractivity contribution in [1.82, 2.24) is 4.98 Å². The van der Waals surface area contributed by atoms with E-state index in [1.807, 2.05) is 13.1 Å². The number of nitrogens with two attached hydrogens (primary N) is 1. The minimum Gasteiger partial charge on any atom is -0.397 e. The van der Waals surface area contributed by atoms with Gasteiger partial charge < -0.3 is 10.6 Å². The average molecular weight is 306 g/mol. The molecule has 0 saturated carbocycles. The van der Waals surface area contributed by atoms with Gasteiger partial charge in [-0.05, 0) is 34.5 Å². The van der Waals surface area contributed by atoms with Crippen molar-refractivity contribution < 1.29 is 0 Å². The maximum absolute atomic E-state index is 5.69. The molecule has 1 aromatic carbocycles. The largest absolute Gasteiger partial charge is 0.397 e. The van der Waals surface area contributed by atoms with Crippen LogP contribution >= 0.6 is 15.9 Å². The second-order valence-electron chi connectivity index (χ2n) is 4.42. The molecule has 1 aromatic heterocycles. The standard InChI is InChI=1S/C14H16BrN3/c1-10-3-5-11(6-4-10)9-18(2)14-13(15)7-12(16)8-17-14/h3-8H,9,16H2,1-2H3. The third-order valence-corrected chi connectivity index (χ3v) is 3.33. The van der Waals surface area contributed by atoms with Crippen LogP contribution in [0.15, 0.2) is 41.0 Å². The lowest BCUT2D eigenvalue weighted by Crippen LogP contribution is -2.18. The van der Waals surface area contributed by atoms with Crippen molar-refractivity contribution in [3.05, 3.63) is 52.1 Å². The summed E-state index contributed by atoms with van der Waals surface area (Å²) in [7, 11) is 2.02. The summed E-state index contributed by atoms with van der Waals surface area (Å²) in [6.07, 6.45) is 1.67. The van der Waals surface area contributed by atoms with E-state index in [1.165, 1.54) is 11.1 Å². The van der Waals surface area contributed by atoms with Gasteiger partial charge in [0.2, 0.25) is 0 Å². The second kappa shape index (κ2) is 5.40. The van der Waals surface area contributed by atoms with E-state index in [0.29, 0.717) is 5.69 Å². The van der Waals surface area contributed by atoms with Gasteiger partial charge in [-0.3, -0.25) is 0 Å². The van der Waals surface area contributed by atoms with Crippen LogP contribution in [0.5, 0.6) is 0 Å². The number of rotatable bonds is 3. The normalized spacial score (nSPS) is 10.4. The average Bonchev–Trinajstić information content (AvgIpc) is 2.32. The van der Waals surface area contributed by atoms with Gasteiger partial charge in [0.1, 0.15) is 5.82 Å². The van der Waals surface area contributed by atoms with Gasteiger partial charge in [0.15, 0.2) is 0 Å². The number of benzene rings is 1. The van der Waals surface area contributed by atoms with Crippen molar-refractivity contribution in [2.24, 2.45) is 0 Å². The van der Waals surface area contributed by atoms with Gasteiger partial charge in [0, 0.05) is 13.6 Å². The molecule has 0 spiro atoms. The van der Waals surface area contributed by atoms with Crippen LogP contribution in [0.25, 0.3) is 0 Å². The van der Waals surface area contributed by atoms with Crippen molar-refractivity contribution in [1.29, 1.82) is 0 Å². The van der Waals surface area contributed by atoms with Gasteiger partial charge >= 0.3 is 0 Å². The predicted octanol–water partition coefficient (Wildman–Crippen LogP) is 3.37. The van der Waals surface area contributed by atoms with Crippen LogP contribution < -0.4 is 10.6 Å². The zero-order chi connectivity index (χ0) is 13.1. The third-order valence-electron chi connectivity index (χ3n) is 2.74. The molecule has 0 aliphatic carbocycles. The first-order chi connectivity index (χ1) is 8.56. The van der Waals surface area contributed by atoms with Crippen LogP contribution in [0.1, 0.15) is 11.1 Å². The topological polar surface area (TPSA) is 42.2 Å². The lowest BCUT2D eigenvalue weighted by molar-refractivity contribution is 0.894. The smallest absolute Gasteiger partial charge is 0.143 e. The Kier molecular flexibility index (Phi) is 3.87. The molecule has 2 rings (SSSR count). The SMILES string of the molecule is Cc1ccc(CN(C)c2ncc(N)cc2Br)cc1. The number of nitrogen functional groups attached to an aromatic ring is 1. The van der Waals surface area contributed by atoms with E-state index in [4.69, 9.17) is 5.73 Å². The van der Waals surface area contributed by atoms with E-state index in [-0.39, 0.29) is 0 Å². The Hall–Kier alpha value is -1.55. The summed E-state index contributed by atoms with van der Waals surface area (Å²) in [5.41, 5.74) is 8.88. The zero-order valence-corrected chi connectivity index (χ0v) is 12.1. The third kappa shape index (κ3) is 3.01. The molecule has 0 saturated heterocycles. The molecule has 0 amide bonds. The molecule has 2 aromatic rings. The van der Waals surface area contributed by atoms with E-state index < -0.39 is 0 Å². The Morgan fingerprint density at radius 3 is 2.56 bits per heavy atom. The molecule has 0 radical (unpaired) electrons. The Bertz CT molecular complexity index is 537. The van der Waals surface area contributed by atoms with Crippen molar-refractivity contribution in [3.8, 4) is 0 Å². The molecule has 0 atom stereocenters. The van der Waals surface area contributed by atoms with Crippen LogP contribution in [-0.4, -0.2) is 12.0 Å². The van der Waals surface area contributed by atoms with Crippen LogP contribution in [0.4, 0.5) is 11.5 Å². The molecular formula is C14H16BrN3. The number of nitrogens with zero attached hydrogens (tertiary/aromatic N) is 2. The predicted molar refractivity (Wildman–Crippen MR) is 79.6 cm³/mol. The molecule has 4 heteroatoms. The van der Waals surface area contributed by atoms with E-state index >= 15 is 0 Å². The molecule has 0 bridgehead atoms. The first-order valence-corrected chi connectivity index (χ1v) is 6.53. The van der Waals surface area contributed by atoms with Crippen molar-refractivity contribution >= 4 is 27.4 Å². The fourth-order valence-corrected chi connectivity index (χ4v) is 2.44. The van der Waals surface area contributed by atoms with E-state index in [9.17, 15) is 0 Å². The van der Waals surface area contributed by atoms with Crippen molar-refractivity contribution in [3.63, 3.8) is 0 Å². The molecule has 18 heavy (non-hydrogen) atoms. The van der Waals surface area contributed by atoms with Gasteiger partial charge in [0.05, 0.1) is 16.4 Å². The first kappa shape index (κ1) is 12.9. The molecule has 0 fully saturated rings. The minimum atomic E-state index is 0.661. The number of hydrogen-bond donors (Lipinski definition) is 1. The molecule has 3 nitrogen and oxygen atoms in total. The maximum atomic E-state index is 5.69. The van der Waals surface area contributed by atoms with Gasteiger partial charge in [-0.1, -0.05) is 29.8 Å². The number of pyridine rings is 1. The Morgan fingerprint density at radius 2 is 1.94 bits per heavy atom. The van der Waals surface area contributed by atoms with Crippen LogP contribution in [0, 0.1) is 6.92 Å². The highest BCUT2D eigenvalue weighted by atomic mass is 79.9. The van der Waals surface area contributed by atoms with E-state index in [1.54, 1.807) is 6.20 Å². The minimum absolute atomic E-state index is 0.661. The van der Waals surface area contributed by atoms with Crippen molar-refractivity contribution in [2.45, 2.75) is 13.5 Å². The molecule has 0 unspecified atom stereocenters. The fraction of sp³-hybridized carbons (Fsp3) is 0.214. The fourth-order valence-electron chi connectivity index (χ4n) is 1.77. The summed E-state index contributed by atoms with van der Waals surface area (Å²) < 4.78 is 0.914. The summed E-state index contributed by atoms with van der Waals surface area (Å²) in [4.78, 5) is 6.44. The monoisotopic (exact) mass is 305 g/mol. The number of halogens is 1. The number of anilines is 2. The van der Waals surface area contributed by atoms with E-state index in [0.717, 1.165) is 16.8 Å². The summed E-state index contributed by atoms with van der Waals surface area (Å²) in [5, 5.41) is 0. The van der Waals surface area contributed by atoms with Gasteiger partial charge in [-0.25, -0.2) is 4.98 Å². The maximum Gasteiger partial charge on any atom is 0.143 e. The van der Waals surface area contributed by atoms with Gasteiger partial charge in [0.25, 0.3) is 0 Å². The molecule has 1 heterocycles. The first-order valence-electron chi connectivity index (χ1n) is 5.74. The lowest BCUT2D eigenvalue weighted by atomic mass is 10.1. The quantitative estimate of drug-likeness (QED) is 0.945. The molecule has 94 valence electrons. The Morgan fingerprint density at radius 1 is 1.28 bits per heavy atom. The second-order valence-corrected chi connectivity index (χ2v) is 5.27. The van der Waals surface area contributed by atoms with Crippen LogP contribution in [0.2, 0.25) is 0 Å². The summed E-state index contributed by atoms with van der Waals surface area (Å²) in [6.45, 7) is 2.90. The summed E-state index contributed by atoms with van der Waals surface area (Å²) in [6, 6.07) is 10.4. The molecule has 2 N–H and O–H groups in total. The highest BCUT2D eigenvalue weighted by Crippen LogP contribution is 2.25. The summed E-state index contributed by atoms with van der Waals surface area (Å²) >= 11 is 3.49. The number of aryl methyl sites for hydroxylation is 1. The van der Waals surface area contributed by atoms with Gasteiger partial charge in [-0.2, -0.15) is 0 Å².